The summed E-state index contributed by atoms with van der Waals surface area (Å²) in [6.07, 6.45) is 1.36. The summed E-state index contributed by atoms with van der Waals surface area (Å²) in [5.74, 6) is 0.773. The molecule has 1 saturated heterocycles. The summed E-state index contributed by atoms with van der Waals surface area (Å²) in [5.41, 5.74) is 0.349. The second-order valence-corrected chi connectivity index (χ2v) is 6.98. The number of hydrogen-bond donors (Lipinski definition) is 1. The highest BCUT2D eigenvalue weighted by molar-refractivity contribution is 7.89. The molecule has 1 aliphatic heterocycles. The summed E-state index contributed by atoms with van der Waals surface area (Å²) in [6, 6.07) is -0.0742. The molecule has 0 aliphatic carbocycles. The number of ether oxygens (including phenoxy) is 1. The lowest BCUT2D eigenvalue weighted by atomic mass is 10.1. The highest BCUT2D eigenvalue weighted by Crippen LogP contribution is 2.30. The monoisotopic (exact) mass is 303 g/mol. The minimum Gasteiger partial charge on any atom is -0.465 e. The molecule has 20 heavy (non-hydrogen) atoms. The third kappa shape index (κ3) is 2.63. The molecule has 0 amide bonds. The summed E-state index contributed by atoms with van der Waals surface area (Å²) in [6.45, 7) is 4.06. The van der Waals surface area contributed by atoms with E-state index in [4.69, 9.17) is 9.15 Å². The van der Waals surface area contributed by atoms with Crippen LogP contribution in [0.4, 0.5) is 0 Å². The molecule has 2 heterocycles. The van der Waals surface area contributed by atoms with Crippen LogP contribution in [-0.2, 0) is 21.4 Å². The van der Waals surface area contributed by atoms with Crippen molar-refractivity contribution in [3.8, 4) is 0 Å². The molecule has 0 spiro atoms. The first-order valence-corrected chi connectivity index (χ1v) is 8.09. The fraction of sp³-hybridized carbons (Fsp3) is 0.692. The smallest absolute Gasteiger partial charge is 0.246 e. The number of rotatable bonds is 4. The Kier molecular flexibility index (Phi) is 4.53. The van der Waals surface area contributed by atoms with Crippen LogP contribution >= 0.6 is 0 Å². The first-order chi connectivity index (χ1) is 9.39. The zero-order valence-electron chi connectivity index (χ0n) is 12.0. The number of aliphatic hydroxyl groups is 1. The van der Waals surface area contributed by atoms with Gasteiger partial charge in [-0.05, 0) is 26.7 Å². The highest BCUT2D eigenvalue weighted by Gasteiger charge is 2.34. The minimum atomic E-state index is -3.67. The van der Waals surface area contributed by atoms with Crippen LogP contribution in [0.15, 0.2) is 9.31 Å². The Hall–Kier alpha value is -0.890. The molecule has 1 aromatic rings. The van der Waals surface area contributed by atoms with Crippen LogP contribution in [0.1, 0.15) is 29.9 Å². The zero-order chi connectivity index (χ0) is 14.9. The molecule has 0 radical (unpaired) electrons. The largest absolute Gasteiger partial charge is 0.465 e. The number of sulfonamides is 1. The summed E-state index contributed by atoms with van der Waals surface area (Å²) in [7, 11) is -2.09. The van der Waals surface area contributed by atoms with E-state index in [0.717, 1.165) is 0 Å². The van der Waals surface area contributed by atoms with E-state index in [-0.39, 0.29) is 17.5 Å². The molecule has 1 aromatic heterocycles. The van der Waals surface area contributed by atoms with Crippen LogP contribution in [0.5, 0.6) is 0 Å². The van der Waals surface area contributed by atoms with E-state index in [1.807, 2.05) is 0 Å². The Labute approximate surface area is 119 Å². The summed E-state index contributed by atoms with van der Waals surface area (Å²) in [5, 5.41) is 9.41. The van der Waals surface area contributed by atoms with Crippen LogP contribution < -0.4 is 0 Å². The number of aliphatic hydroxyl groups excluding tert-OH is 1. The third-order valence-corrected chi connectivity index (χ3v) is 5.93. The molecule has 0 bridgehead atoms. The molecule has 1 N–H and O–H groups in total. The molecular weight excluding hydrogens is 282 g/mol. The Bertz CT molecular complexity index is 572. The van der Waals surface area contributed by atoms with Gasteiger partial charge in [0, 0.05) is 31.9 Å². The molecule has 114 valence electrons. The van der Waals surface area contributed by atoms with Gasteiger partial charge in [-0.15, -0.1) is 0 Å². The molecule has 6 nitrogen and oxygen atoms in total. The maximum atomic E-state index is 12.8. The van der Waals surface area contributed by atoms with E-state index >= 15 is 0 Å². The quantitative estimate of drug-likeness (QED) is 0.903. The van der Waals surface area contributed by atoms with Gasteiger partial charge in [0.1, 0.15) is 16.4 Å². The van der Waals surface area contributed by atoms with Gasteiger partial charge in [0.15, 0.2) is 0 Å². The highest BCUT2D eigenvalue weighted by atomic mass is 32.2. The number of aryl methyl sites for hydroxylation is 2. The van der Waals surface area contributed by atoms with Crippen LogP contribution in [0.3, 0.4) is 0 Å². The van der Waals surface area contributed by atoms with Crippen molar-refractivity contribution in [3.63, 3.8) is 0 Å². The fourth-order valence-corrected chi connectivity index (χ4v) is 4.44. The lowest BCUT2D eigenvalue weighted by Crippen LogP contribution is -2.40. The Morgan fingerprint density at radius 3 is 2.40 bits per heavy atom. The van der Waals surface area contributed by atoms with Crippen LogP contribution in [0, 0.1) is 13.8 Å². The van der Waals surface area contributed by atoms with Gasteiger partial charge in [0.05, 0.1) is 6.61 Å². The zero-order valence-corrected chi connectivity index (χ0v) is 12.9. The maximum Gasteiger partial charge on any atom is 0.246 e. The van der Waals surface area contributed by atoms with Crippen LogP contribution in [0.25, 0.3) is 0 Å². The van der Waals surface area contributed by atoms with E-state index in [9.17, 15) is 13.5 Å². The van der Waals surface area contributed by atoms with Gasteiger partial charge < -0.3 is 14.3 Å². The van der Waals surface area contributed by atoms with E-state index in [2.05, 4.69) is 0 Å². The van der Waals surface area contributed by atoms with Crippen molar-refractivity contribution in [1.82, 2.24) is 4.31 Å². The summed E-state index contributed by atoms with van der Waals surface area (Å²) < 4.78 is 37.5. The van der Waals surface area contributed by atoms with Crippen LogP contribution in [-0.4, -0.2) is 44.1 Å². The van der Waals surface area contributed by atoms with Crippen molar-refractivity contribution in [2.45, 2.75) is 44.2 Å². The molecule has 0 saturated carbocycles. The fourth-order valence-electron chi connectivity index (χ4n) is 2.62. The molecule has 0 aromatic carbocycles. The Balaban J connectivity index is 2.39. The predicted octanol–water partition coefficient (Wildman–Crippen LogP) is 1.19. The van der Waals surface area contributed by atoms with E-state index in [0.29, 0.717) is 43.1 Å². The van der Waals surface area contributed by atoms with Crippen molar-refractivity contribution in [1.29, 1.82) is 0 Å². The van der Waals surface area contributed by atoms with Crippen molar-refractivity contribution < 1.29 is 22.7 Å². The normalized spacial score (nSPS) is 17.9. The number of hydrogen-bond acceptors (Lipinski definition) is 5. The average molecular weight is 303 g/mol. The van der Waals surface area contributed by atoms with Crippen molar-refractivity contribution in [2.75, 3.05) is 20.3 Å². The summed E-state index contributed by atoms with van der Waals surface area (Å²) >= 11 is 0. The second-order valence-electron chi connectivity index (χ2n) is 5.05. The lowest BCUT2D eigenvalue weighted by molar-refractivity contribution is 0.0631. The van der Waals surface area contributed by atoms with Gasteiger partial charge in [-0.1, -0.05) is 0 Å². The van der Waals surface area contributed by atoms with E-state index in [1.165, 1.54) is 4.31 Å². The van der Waals surface area contributed by atoms with Crippen molar-refractivity contribution in [2.24, 2.45) is 0 Å². The van der Waals surface area contributed by atoms with Gasteiger partial charge in [-0.3, -0.25) is 0 Å². The van der Waals surface area contributed by atoms with E-state index < -0.39 is 10.0 Å². The SMILES string of the molecule is Cc1oc(C)c(S(=O)(=O)N(C)C2CCOCC2)c1CO. The molecule has 0 unspecified atom stereocenters. The minimum absolute atomic E-state index is 0.0742. The topological polar surface area (TPSA) is 80.0 Å². The van der Waals surface area contributed by atoms with Crippen molar-refractivity contribution in [3.05, 3.63) is 17.1 Å². The van der Waals surface area contributed by atoms with Gasteiger partial charge in [0.25, 0.3) is 0 Å². The molecule has 7 heteroatoms. The first kappa shape index (κ1) is 15.5. The Morgan fingerprint density at radius 1 is 1.25 bits per heavy atom. The standard InChI is InChI=1S/C13H21NO5S/c1-9-12(8-15)13(10(2)19-9)20(16,17)14(3)11-4-6-18-7-5-11/h11,15H,4-8H2,1-3H3. The van der Waals surface area contributed by atoms with Crippen LogP contribution in [0.2, 0.25) is 0 Å². The number of nitrogens with zero attached hydrogens (tertiary/aromatic N) is 1. The molecule has 1 fully saturated rings. The average Bonchev–Trinajstić information content (AvgIpc) is 2.73. The maximum absolute atomic E-state index is 12.8. The van der Waals surface area contributed by atoms with Gasteiger partial charge in [-0.2, -0.15) is 4.31 Å². The Morgan fingerprint density at radius 2 is 1.85 bits per heavy atom. The van der Waals surface area contributed by atoms with Crippen molar-refractivity contribution >= 4 is 10.0 Å². The molecule has 0 atom stereocenters. The second kappa shape index (κ2) is 5.85. The van der Waals surface area contributed by atoms with Gasteiger partial charge in [-0.25, -0.2) is 8.42 Å². The molecular formula is C13H21NO5S. The van der Waals surface area contributed by atoms with E-state index in [1.54, 1.807) is 20.9 Å². The van der Waals surface area contributed by atoms with Gasteiger partial charge >= 0.3 is 0 Å². The predicted molar refractivity (Wildman–Crippen MR) is 72.9 cm³/mol. The summed E-state index contributed by atoms with van der Waals surface area (Å²) in [4.78, 5) is 0.103. The lowest BCUT2D eigenvalue weighted by Gasteiger charge is -2.30. The van der Waals surface area contributed by atoms with Gasteiger partial charge in [0.2, 0.25) is 10.0 Å². The molecule has 2 rings (SSSR count). The number of furan rings is 1. The third-order valence-electron chi connectivity index (χ3n) is 3.83. The molecule has 1 aliphatic rings. The first-order valence-electron chi connectivity index (χ1n) is 6.65.